The molecule has 1 rings (SSSR count). The molecule has 1 saturated heterocycles. The Balaban J connectivity index is 2.46. The Hall–Kier alpha value is -0.570. The van der Waals surface area contributed by atoms with Crippen molar-refractivity contribution in [2.75, 3.05) is 13.1 Å². The minimum Gasteiger partial charge on any atom is -0.355 e. The van der Waals surface area contributed by atoms with Crippen molar-refractivity contribution in [3.63, 3.8) is 0 Å². The Bertz CT molecular complexity index is 174. The van der Waals surface area contributed by atoms with Crippen molar-refractivity contribution in [3.05, 3.63) is 0 Å². The predicted octanol–water partition coefficient (Wildman–Crippen LogP) is 0.995. The molecule has 3 heteroatoms. The lowest BCUT2D eigenvalue weighted by atomic mass is 9.98. The molecular formula is C10H20N2O. The maximum Gasteiger partial charge on any atom is 0.207 e. The molecule has 0 aliphatic carbocycles. The molecular weight excluding hydrogens is 164 g/mol. The molecule has 1 aliphatic heterocycles. The van der Waals surface area contributed by atoms with E-state index >= 15 is 0 Å². The van der Waals surface area contributed by atoms with Gasteiger partial charge in [-0.25, -0.2) is 0 Å². The molecule has 0 aromatic rings. The Morgan fingerprint density at radius 1 is 1.46 bits per heavy atom. The van der Waals surface area contributed by atoms with Gasteiger partial charge in [0.25, 0.3) is 0 Å². The first-order valence-electron chi connectivity index (χ1n) is 4.99. The Labute approximate surface area is 80.5 Å². The molecule has 76 valence electrons. The van der Waals surface area contributed by atoms with Crippen molar-refractivity contribution in [1.29, 1.82) is 0 Å². The highest BCUT2D eigenvalue weighted by Crippen LogP contribution is 2.19. The SMILES string of the molecule is CC(C)(C)N1CCCC(NC=O)C1. The molecule has 0 saturated carbocycles. The summed E-state index contributed by atoms with van der Waals surface area (Å²) >= 11 is 0. The molecule has 1 atom stereocenters. The number of hydrogen-bond donors (Lipinski definition) is 1. The molecule has 13 heavy (non-hydrogen) atoms. The molecule has 3 nitrogen and oxygen atoms in total. The summed E-state index contributed by atoms with van der Waals surface area (Å²) in [5, 5.41) is 2.86. The largest absolute Gasteiger partial charge is 0.355 e. The van der Waals surface area contributed by atoms with E-state index in [0.717, 1.165) is 25.9 Å². The zero-order valence-electron chi connectivity index (χ0n) is 8.84. The third-order valence-corrected chi connectivity index (χ3v) is 2.67. The van der Waals surface area contributed by atoms with Crippen molar-refractivity contribution in [2.45, 2.75) is 45.2 Å². The third kappa shape index (κ3) is 2.99. The van der Waals surface area contributed by atoms with Crippen molar-refractivity contribution in [3.8, 4) is 0 Å². The number of likely N-dealkylation sites (tertiary alicyclic amines) is 1. The lowest BCUT2D eigenvalue weighted by Crippen LogP contribution is -2.52. The minimum absolute atomic E-state index is 0.225. The van der Waals surface area contributed by atoms with Crippen LogP contribution in [0.25, 0.3) is 0 Å². The number of nitrogens with zero attached hydrogens (tertiary/aromatic N) is 1. The standard InChI is InChI=1S/C10H20N2O/c1-10(2,3)12-6-4-5-9(7-12)11-8-13/h8-9H,4-7H2,1-3H3,(H,11,13). The van der Waals surface area contributed by atoms with E-state index < -0.39 is 0 Å². The van der Waals surface area contributed by atoms with E-state index in [2.05, 4.69) is 31.0 Å². The lowest BCUT2D eigenvalue weighted by Gasteiger charge is -2.41. The Kier molecular flexibility index (Phi) is 3.31. The van der Waals surface area contributed by atoms with Crippen LogP contribution < -0.4 is 5.32 Å². The molecule has 0 aromatic heterocycles. The van der Waals surface area contributed by atoms with Crippen LogP contribution in [-0.4, -0.2) is 36.0 Å². The molecule has 1 heterocycles. The summed E-state index contributed by atoms with van der Waals surface area (Å²) < 4.78 is 0. The van der Waals surface area contributed by atoms with Crippen LogP contribution in [0.2, 0.25) is 0 Å². The second-order valence-electron chi connectivity index (χ2n) is 4.74. The number of rotatable bonds is 2. The monoisotopic (exact) mass is 184 g/mol. The summed E-state index contributed by atoms with van der Waals surface area (Å²) in [7, 11) is 0. The van der Waals surface area contributed by atoms with Crippen molar-refractivity contribution >= 4 is 6.41 Å². The van der Waals surface area contributed by atoms with Gasteiger partial charge < -0.3 is 5.32 Å². The molecule has 0 spiro atoms. The van der Waals surface area contributed by atoms with Gasteiger partial charge in [-0.3, -0.25) is 9.69 Å². The number of carbonyl (C=O) groups excluding carboxylic acids is 1. The maximum atomic E-state index is 10.3. The van der Waals surface area contributed by atoms with Gasteiger partial charge in [-0.2, -0.15) is 0 Å². The number of carbonyl (C=O) groups is 1. The van der Waals surface area contributed by atoms with E-state index in [1.807, 2.05) is 0 Å². The molecule has 0 radical (unpaired) electrons. The van der Waals surface area contributed by atoms with Gasteiger partial charge in [0.1, 0.15) is 0 Å². The summed E-state index contributed by atoms with van der Waals surface area (Å²) in [5.41, 5.74) is 0.225. The Morgan fingerprint density at radius 2 is 2.15 bits per heavy atom. The molecule has 1 unspecified atom stereocenters. The van der Waals surface area contributed by atoms with E-state index in [1.165, 1.54) is 6.42 Å². The first kappa shape index (κ1) is 10.5. The first-order valence-corrected chi connectivity index (χ1v) is 4.99. The number of hydrogen-bond acceptors (Lipinski definition) is 2. The van der Waals surface area contributed by atoms with Gasteiger partial charge in [0.15, 0.2) is 0 Å². The van der Waals surface area contributed by atoms with Crippen molar-refractivity contribution < 1.29 is 4.79 Å². The average Bonchev–Trinajstić information content (AvgIpc) is 2.04. The zero-order chi connectivity index (χ0) is 9.90. The second-order valence-corrected chi connectivity index (χ2v) is 4.74. The van der Waals surface area contributed by atoms with Gasteiger partial charge in [-0.05, 0) is 40.2 Å². The summed E-state index contributed by atoms with van der Waals surface area (Å²) in [6.45, 7) is 8.80. The van der Waals surface area contributed by atoms with E-state index in [1.54, 1.807) is 0 Å². The van der Waals surface area contributed by atoms with Crippen LogP contribution in [0.4, 0.5) is 0 Å². The summed E-state index contributed by atoms with van der Waals surface area (Å²) in [6.07, 6.45) is 3.12. The molecule has 1 amide bonds. The number of piperidine rings is 1. The fourth-order valence-electron chi connectivity index (χ4n) is 1.82. The molecule has 1 aliphatic rings. The number of nitrogens with one attached hydrogen (secondary N) is 1. The van der Waals surface area contributed by atoms with Crippen molar-refractivity contribution in [2.24, 2.45) is 0 Å². The highest BCUT2D eigenvalue weighted by atomic mass is 16.1. The normalized spacial score (nSPS) is 25.6. The second kappa shape index (κ2) is 4.09. The summed E-state index contributed by atoms with van der Waals surface area (Å²) in [4.78, 5) is 12.7. The number of amides is 1. The van der Waals surface area contributed by atoms with Crippen LogP contribution in [-0.2, 0) is 4.79 Å². The van der Waals surface area contributed by atoms with Gasteiger partial charge in [-0.1, -0.05) is 0 Å². The molecule has 1 fully saturated rings. The van der Waals surface area contributed by atoms with Gasteiger partial charge >= 0.3 is 0 Å². The van der Waals surface area contributed by atoms with Crippen LogP contribution >= 0.6 is 0 Å². The molecule has 0 bridgehead atoms. The van der Waals surface area contributed by atoms with Crippen LogP contribution in [0.1, 0.15) is 33.6 Å². The quantitative estimate of drug-likeness (QED) is 0.649. The third-order valence-electron chi connectivity index (χ3n) is 2.67. The summed E-state index contributed by atoms with van der Waals surface area (Å²) in [5.74, 6) is 0. The zero-order valence-corrected chi connectivity index (χ0v) is 8.84. The first-order chi connectivity index (χ1) is 6.04. The van der Waals surface area contributed by atoms with E-state index in [0.29, 0.717) is 6.04 Å². The van der Waals surface area contributed by atoms with Gasteiger partial charge in [-0.15, -0.1) is 0 Å². The highest BCUT2D eigenvalue weighted by Gasteiger charge is 2.27. The Morgan fingerprint density at radius 3 is 2.69 bits per heavy atom. The van der Waals surface area contributed by atoms with Crippen LogP contribution in [0.3, 0.4) is 0 Å². The van der Waals surface area contributed by atoms with Gasteiger partial charge in [0.05, 0.1) is 0 Å². The predicted molar refractivity (Wildman–Crippen MR) is 53.5 cm³/mol. The van der Waals surface area contributed by atoms with E-state index in [9.17, 15) is 4.79 Å². The van der Waals surface area contributed by atoms with E-state index in [4.69, 9.17) is 0 Å². The highest BCUT2D eigenvalue weighted by molar-refractivity contribution is 5.46. The van der Waals surface area contributed by atoms with Gasteiger partial charge in [0.2, 0.25) is 6.41 Å². The smallest absolute Gasteiger partial charge is 0.207 e. The fraction of sp³-hybridized carbons (Fsp3) is 0.900. The van der Waals surface area contributed by atoms with Crippen LogP contribution in [0.5, 0.6) is 0 Å². The van der Waals surface area contributed by atoms with Crippen LogP contribution in [0.15, 0.2) is 0 Å². The molecule has 1 N–H and O–H groups in total. The maximum absolute atomic E-state index is 10.3. The average molecular weight is 184 g/mol. The topological polar surface area (TPSA) is 32.3 Å². The van der Waals surface area contributed by atoms with Crippen molar-refractivity contribution in [1.82, 2.24) is 10.2 Å². The van der Waals surface area contributed by atoms with Crippen LogP contribution in [0, 0.1) is 0 Å². The summed E-state index contributed by atoms with van der Waals surface area (Å²) in [6, 6.07) is 0.352. The lowest BCUT2D eigenvalue weighted by molar-refractivity contribution is -0.110. The minimum atomic E-state index is 0.225. The fourth-order valence-corrected chi connectivity index (χ4v) is 1.82. The van der Waals surface area contributed by atoms with Gasteiger partial charge in [0, 0.05) is 18.1 Å². The van der Waals surface area contributed by atoms with E-state index in [-0.39, 0.29) is 5.54 Å². The molecule has 0 aromatic carbocycles.